The fourth-order valence-corrected chi connectivity index (χ4v) is 4.14. The van der Waals surface area contributed by atoms with Crippen molar-refractivity contribution in [1.29, 1.82) is 0 Å². The molecule has 162 valence electrons. The van der Waals surface area contributed by atoms with Crippen molar-refractivity contribution in [3.8, 4) is 5.69 Å². The Morgan fingerprint density at radius 1 is 1.16 bits per heavy atom. The van der Waals surface area contributed by atoms with Crippen molar-refractivity contribution in [2.24, 2.45) is 4.99 Å². The van der Waals surface area contributed by atoms with E-state index in [1.807, 2.05) is 42.0 Å². The van der Waals surface area contributed by atoms with Crippen molar-refractivity contribution in [3.05, 3.63) is 41.2 Å². The summed E-state index contributed by atoms with van der Waals surface area (Å²) in [5.74, 6) is 0.370. The van der Waals surface area contributed by atoms with Crippen LogP contribution in [0.3, 0.4) is 0 Å². The lowest BCUT2D eigenvalue weighted by Gasteiger charge is -2.33. The zero-order valence-electron chi connectivity index (χ0n) is 18.4. The normalized spacial score (nSPS) is 17.6. The van der Waals surface area contributed by atoms with Gasteiger partial charge in [0, 0.05) is 13.6 Å². The van der Waals surface area contributed by atoms with Gasteiger partial charge in [0.15, 0.2) is 0 Å². The van der Waals surface area contributed by atoms with Crippen LogP contribution in [0.2, 0.25) is 0 Å². The zero-order chi connectivity index (χ0) is 22.4. The second-order valence-corrected chi connectivity index (χ2v) is 7.65. The van der Waals surface area contributed by atoms with Crippen molar-refractivity contribution in [1.82, 2.24) is 14.4 Å². The lowest BCUT2D eigenvalue weighted by Crippen LogP contribution is -2.63. The van der Waals surface area contributed by atoms with Crippen LogP contribution in [0.4, 0.5) is 10.7 Å². The molecule has 0 bridgehead atoms. The van der Waals surface area contributed by atoms with E-state index in [2.05, 4.69) is 0 Å². The summed E-state index contributed by atoms with van der Waals surface area (Å²) in [6.45, 7) is 8.28. The van der Waals surface area contributed by atoms with E-state index in [0.717, 1.165) is 17.1 Å². The van der Waals surface area contributed by atoms with Crippen molar-refractivity contribution in [3.63, 3.8) is 0 Å². The lowest BCUT2D eigenvalue weighted by atomic mass is 10.1. The number of carbonyl (C=O) groups is 3. The summed E-state index contributed by atoms with van der Waals surface area (Å²) in [6, 6.07) is 6.04. The number of hydrogen-bond donors (Lipinski definition) is 0. The SMILES string of the molecule is CCCN1C(=O)C2C(=Nc3n(-c4ccc(C(=O)OCC)cc4)c(C)c(C)[n+]32)N(C)C1=O. The molecule has 0 N–H and O–H groups in total. The number of hydrogen-bond acceptors (Lipinski definition) is 5. The van der Waals surface area contributed by atoms with Gasteiger partial charge < -0.3 is 4.74 Å². The summed E-state index contributed by atoms with van der Waals surface area (Å²) >= 11 is 0. The summed E-state index contributed by atoms with van der Waals surface area (Å²) in [5.41, 5.74) is 3.08. The maximum atomic E-state index is 13.2. The van der Waals surface area contributed by atoms with Gasteiger partial charge >= 0.3 is 17.9 Å². The van der Waals surface area contributed by atoms with E-state index in [9.17, 15) is 14.4 Å². The van der Waals surface area contributed by atoms with Gasteiger partial charge in [-0.1, -0.05) is 11.9 Å². The number of amidine groups is 1. The molecule has 0 saturated carbocycles. The molecular weight excluding hydrogens is 398 g/mol. The minimum atomic E-state index is -0.664. The Morgan fingerprint density at radius 2 is 1.84 bits per heavy atom. The Morgan fingerprint density at radius 3 is 2.45 bits per heavy atom. The molecule has 0 spiro atoms. The third-order valence-corrected chi connectivity index (χ3v) is 5.80. The Kier molecular flexibility index (Phi) is 5.12. The molecule has 0 radical (unpaired) electrons. The first-order valence-corrected chi connectivity index (χ1v) is 10.4. The lowest BCUT2D eigenvalue weighted by molar-refractivity contribution is -0.682. The van der Waals surface area contributed by atoms with Gasteiger partial charge in [0.05, 0.1) is 12.2 Å². The number of likely N-dealkylation sites (N-methyl/N-ethyl adjacent to an activating group) is 1. The first-order chi connectivity index (χ1) is 14.8. The number of nitrogens with zero attached hydrogens (tertiary/aromatic N) is 5. The van der Waals surface area contributed by atoms with Crippen LogP contribution in [0.5, 0.6) is 0 Å². The van der Waals surface area contributed by atoms with E-state index in [-0.39, 0.29) is 17.9 Å². The monoisotopic (exact) mass is 424 g/mol. The molecule has 3 amide bonds. The summed E-state index contributed by atoms with van der Waals surface area (Å²) in [5, 5.41) is 0. The number of carbonyl (C=O) groups excluding carboxylic acids is 3. The second kappa shape index (κ2) is 7.64. The number of ether oxygens (including phenoxy) is 1. The highest BCUT2D eigenvalue weighted by molar-refractivity contribution is 6.19. The van der Waals surface area contributed by atoms with Crippen LogP contribution in [0.1, 0.15) is 48.1 Å². The number of imide groups is 1. The Balaban J connectivity index is 1.80. The smallest absolute Gasteiger partial charge is 0.407 e. The van der Waals surface area contributed by atoms with Gasteiger partial charge in [0.1, 0.15) is 17.1 Å². The number of urea groups is 1. The van der Waals surface area contributed by atoms with Gasteiger partial charge in [-0.25, -0.2) is 14.2 Å². The molecule has 2 aliphatic rings. The number of benzene rings is 1. The van der Waals surface area contributed by atoms with E-state index < -0.39 is 6.04 Å². The van der Waals surface area contributed by atoms with E-state index >= 15 is 0 Å². The molecule has 1 unspecified atom stereocenters. The molecule has 9 nitrogen and oxygen atoms in total. The number of esters is 1. The standard InChI is InChI=1S/C22H26N5O4/c1-6-12-25-19(28)17-18(24(5)22(25)30)23-21-26(13(3)14(4)27(17)21)16-10-8-15(9-11-16)20(29)31-7-2/h8-11,17H,6-7,12H2,1-5H3/q+1. The van der Waals surface area contributed by atoms with Gasteiger partial charge in [0.2, 0.25) is 11.9 Å². The van der Waals surface area contributed by atoms with Crippen LogP contribution in [-0.2, 0) is 9.53 Å². The van der Waals surface area contributed by atoms with Crippen LogP contribution in [-0.4, -0.2) is 58.3 Å². The Labute approximate surface area is 180 Å². The highest BCUT2D eigenvalue weighted by Gasteiger charge is 2.54. The third-order valence-electron chi connectivity index (χ3n) is 5.80. The molecule has 9 heteroatoms. The number of fused-ring (bicyclic) bond motifs is 3. The highest BCUT2D eigenvalue weighted by Crippen LogP contribution is 2.33. The quantitative estimate of drug-likeness (QED) is 0.545. The van der Waals surface area contributed by atoms with Crippen molar-refractivity contribution < 1.29 is 23.7 Å². The Bertz CT molecular complexity index is 1120. The number of amides is 3. The molecule has 31 heavy (non-hydrogen) atoms. The van der Waals surface area contributed by atoms with Gasteiger partial charge in [-0.3, -0.25) is 14.6 Å². The average molecular weight is 424 g/mol. The number of aromatic nitrogens is 2. The summed E-state index contributed by atoms with van der Waals surface area (Å²) in [4.78, 5) is 45.3. The molecule has 0 aliphatic carbocycles. The third kappa shape index (κ3) is 3.03. The van der Waals surface area contributed by atoms with Crippen LogP contribution in [0, 0.1) is 13.8 Å². The van der Waals surface area contributed by atoms with Crippen LogP contribution in [0.15, 0.2) is 29.3 Å². The van der Waals surface area contributed by atoms with Gasteiger partial charge in [-0.05, 0) is 51.5 Å². The molecule has 1 saturated heterocycles. The topological polar surface area (TPSA) is 88.1 Å². The molecule has 2 aliphatic heterocycles. The predicted molar refractivity (Wildman–Crippen MR) is 113 cm³/mol. The van der Waals surface area contributed by atoms with Crippen molar-refractivity contribution in [2.75, 3.05) is 20.2 Å². The number of aliphatic imine (C=N–C) groups is 1. The average Bonchev–Trinajstić information content (AvgIpc) is 3.25. The first kappa shape index (κ1) is 20.8. The van der Waals surface area contributed by atoms with Crippen LogP contribution < -0.4 is 4.57 Å². The number of rotatable bonds is 5. The fourth-order valence-electron chi connectivity index (χ4n) is 4.14. The predicted octanol–water partition coefficient (Wildman–Crippen LogP) is 2.45. The zero-order valence-corrected chi connectivity index (χ0v) is 18.4. The minimum absolute atomic E-state index is 0.259. The molecule has 2 aromatic rings. The van der Waals surface area contributed by atoms with Crippen molar-refractivity contribution >= 4 is 29.7 Å². The minimum Gasteiger partial charge on any atom is -0.462 e. The first-order valence-electron chi connectivity index (χ1n) is 10.4. The molecule has 1 aromatic carbocycles. The largest absolute Gasteiger partial charge is 0.462 e. The summed E-state index contributed by atoms with van der Waals surface area (Å²) in [6.07, 6.45) is 0.688. The molecular formula is C22H26N5O4+. The maximum absolute atomic E-state index is 13.2. The van der Waals surface area contributed by atoms with E-state index in [1.54, 1.807) is 26.1 Å². The van der Waals surface area contributed by atoms with E-state index in [1.165, 1.54) is 9.80 Å². The van der Waals surface area contributed by atoms with Crippen molar-refractivity contribution in [2.45, 2.75) is 40.2 Å². The van der Waals surface area contributed by atoms with E-state index in [4.69, 9.17) is 9.73 Å². The van der Waals surface area contributed by atoms with Gasteiger partial charge in [0.25, 0.3) is 5.91 Å². The number of imidazole rings is 1. The maximum Gasteiger partial charge on any atom is 0.407 e. The summed E-state index contributed by atoms with van der Waals surface area (Å²) in [7, 11) is 1.65. The molecule has 3 heterocycles. The fraction of sp³-hybridized carbons (Fsp3) is 0.409. The molecule has 1 fully saturated rings. The summed E-state index contributed by atoms with van der Waals surface area (Å²) < 4.78 is 8.87. The van der Waals surface area contributed by atoms with Gasteiger partial charge in [-0.2, -0.15) is 4.57 Å². The van der Waals surface area contributed by atoms with Crippen LogP contribution in [0.25, 0.3) is 5.69 Å². The Hall–Kier alpha value is -3.49. The molecule has 4 rings (SSSR count). The molecule has 1 atom stereocenters. The molecule has 1 aromatic heterocycles. The van der Waals surface area contributed by atoms with Gasteiger partial charge in [-0.15, -0.1) is 0 Å². The highest BCUT2D eigenvalue weighted by atomic mass is 16.5. The second-order valence-electron chi connectivity index (χ2n) is 7.65. The van der Waals surface area contributed by atoms with E-state index in [0.29, 0.717) is 36.9 Å². The van der Waals surface area contributed by atoms with Crippen LogP contribution >= 0.6 is 0 Å².